The van der Waals surface area contributed by atoms with E-state index in [0.717, 1.165) is 17.7 Å². The van der Waals surface area contributed by atoms with Gasteiger partial charge in [-0.25, -0.2) is 0 Å². The summed E-state index contributed by atoms with van der Waals surface area (Å²) in [5.74, 6) is -0.349. The van der Waals surface area contributed by atoms with Crippen molar-refractivity contribution in [3.63, 3.8) is 0 Å². The third-order valence-electron chi connectivity index (χ3n) is 4.71. The normalized spacial score (nSPS) is 10.6. The second-order valence-corrected chi connectivity index (χ2v) is 7.13. The van der Waals surface area contributed by atoms with Gasteiger partial charge in [-0.3, -0.25) is 14.6 Å². The summed E-state index contributed by atoms with van der Waals surface area (Å²) in [5, 5.41) is 5.75. The predicted octanol–water partition coefficient (Wildman–Crippen LogP) is 5.27. The molecule has 148 valence electrons. The molecule has 2 amide bonds. The molecule has 0 saturated carbocycles. The molecule has 0 aliphatic carbocycles. The van der Waals surface area contributed by atoms with Crippen LogP contribution < -0.4 is 10.6 Å². The van der Waals surface area contributed by atoms with E-state index in [-0.39, 0.29) is 23.4 Å². The van der Waals surface area contributed by atoms with Crippen molar-refractivity contribution in [2.24, 2.45) is 0 Å². The van der Waals surface area contributed by atoms with Crippen molar-refractivity contribution in [3.05, 3.63) is 89.2 Å². The second kappa shape index (κ2) is 9.15. The summed E-state index contributed by atoms with van der Waals surface area (Å²) >= 11 is 0. The first-order valence-corrected chi connectivity index (χ1v) is 9.74. The van der Waals surface area contributed by atoms with Crippen molar-refractivity contribution < 1.29 is 9.59 Å². The van der Waals surface area contributed by atoms with Crippen molar-refractivity contribution >= 4 is 23.2 Å². The average molecular weight is 387 g/mol. The van der Waals surface area contributed by atoms with Crippen LogP contribution in [0, 0.1) is 0 Å². The number of hydrogen-bond donors (Lipinski definition) is 2. The lowest BCUT2D eigenvalue weighted by atomic mass is 10.0. The number of hydrogen-bond acceptors (Lipinski definition) is 3. The van der Waals surface area contributed by atoms with Crippen LogP contribution in [0.4, 0.5) is 11.4 Å². The first kappa shape index (κ1) is 20.3. The molecule has 0 atom stereocenters. The Labute approximate surface area is 171 Å². The number of aromatic nitrogens is 1. The molecule has 0 unspecified atom stereocenters. The first-order chi connectivity index (χ1) is 14.0. The smallest absolute Gasteiger partial charge is 0.274 e. The molecule has 0 fully saturated rings. The second-order valence-electron chi connectivity index (χ2n) is 7.13. The molecule has 0 bridgehead atoms. The molecule has 1 aromatic heterocycles. The molecule has 1 heterocycles. The van der Waals surface area contributed by atoms with Gasteiger partial charge in [0.2, 0.25) is 0 Å². The van der Waals surface area contributed by atoms with Crippen LogP contribution >= 0.6 is 0 Å². The minimum atomic E-state index is -0.355. The SMILES string of the molecule is CCc1ccc(NC(=O)c2cc(C(=O)Nc3ccccc3C(C)C)ccn2)cc1. The van der Waals surface area contributed by atoms with Crippen LogP contribution in [0.2, 0.25) is 0 Å². The Kier molecular flexibility index (Phi) is 6.39. The van der Waals surface area contributed by atoms with Crippen LogP contribution in [0.25, 0.3) is 0 Å². The fourth-order valence-corrected chi connectivity index (χ4v) is 3.02. The van der Waals surface area contributed by atoms with Gasteiger partial charge in [0.15, 0.2) is 0 Å². The van der Waals surface area contributed by atoms with Gasteiger partial charge in [0, 0.05) is 23.1 Å². The first-order valence-electron chi connectivity index (χ1n) is 9.74. The number of anilines is 2. The van der Waals surface area contributed by atoms with Crippen LogP contribution in [-0.4, -0.2) is 16.8 Å². The van der Waals surface area contributed by atoms with Gasteiger partial charge >= 0.3 is 0 Å². The van der Waals surface area contributed by atoms with E-state index >= 15 is 0 Å². The molecule has 3 rings (SSSR count). The summed E-state index contributed by atoms with van der Waals surface area (Å²) in [7, 11) is 0. The Morgan fingerprint density at radius 1 is 0.931 bits per heavy atom. The van der Waals surface area contributed by atoms with Crippen molar-refractivity contribution in [2.45, 2.75) is 33.1 Å². The Bertz CT molecular complexity index is 1010. The maximum absolute atomic E-state index is 12.7. The van der Waals surface area contributed by atoms with Crippen LogP contribution in [0.5, 0.6) is 0 Å². The number of para-hydroxylation sites is 1. The minimum absolute atomic E-state index is 0.189. The molecular formula is C24H25N3O2. The van der Waals surface area contributed by atoms with Crippen LogP contribution in [0.3, 0.4) is 0 Å². The molecule has 0 radical (unpaired) electrons. The zero-order valence-electron chi connectivity index (χ0n) is 16.9. The number of rotatable bonds is 6. The summed E-state index contributed by atoms with van der Waals surface area (Å²) in [6, 6.07) is 18.5. The molecule has 0 spiro atoms. The summed E-state index contributed by atoms with van der Waals surface area (Å²) < 4.78 is 0. The maximum atomic E-state index is 12.7. The van der Waals surface area contributed by atoms with E-state index in [1.165, 1.54) is 17.8 Å². The number of nitrogens with zero attached hydrogens (tertiary/aromatic N) is 1. The Morgan fingerprint density at radius 3 is 2.34 bits per heavy atom. The van der Waals surface area contributed by atoms with E-state index < -0.39 is 0 Å². The van der Waals surface area contributed by atoms with E-state index in [1.807, 2.05) is 48.5 Å². The van der Waals surface area contributed by atoms with Gasteiger partial charge in [-0.05, 0) is 53.8 Å². The summed E-state index contributed by atoms with van der Waals surface area (Å²) in [6.45, 7) is 6.23. The number of nitrogens with one attached hydrogen (secondary N) is 2. The highest BCUT2D eigenvalue weighted by Gasteiger charge is 2.14. The fourth-order valence-electron chi connectivity index (χ4n) is 3.02. The average Bonchev–Trinajstić information content (AvgIpc) is 2.74. The molecular weight excluding hydrogens is 362 g/mol. The number of benzene rings is 2. The highest BCUT2D eigenvalue weighted by atomic mass is 16.2. The molecule has 29 heavy (non-hydrogen) atoms. The van der Waals surface area contributed by atoms with Crippen molar-refractivity contribution in [2.75, 3.05) is 10.6 Å². The Morgan fingerprint density at radius 2 is 1.66 bits per heavy atom. The van der Waals surface area contributed by atoms with E-state index in [4.69, 9.17) is 0 Å². The predicted molar refractivity (Wildman–Crippen MR) is 116 cm³/mol. The van der Waals surface area contributed by atoms with E-state index in [9.17, 15) is 9.59 Å². The van der Waals surface area contributed by atoms with E-state index in [0.29, 0.717) is 11.3 Å². The number of carbonyl (C=O) groups excluding carboxylic acids is 2. The zero-order chi connectivity index (χ0) is 20.8. The standard InChI is InChI=1S/C24H25N3O2/c1-4-17-9-11-19(12-10-17)26-24(29)22-15-18(13-14-25-22)23(28)27-21-8-6-5-7-20(21)16(2)3/h5-16H,4H2,1-3H3,(H,26,29)(H,27,28). The van der Waals surface area contributed by atoms with Crippen LogP contribution in [0.15, 0.2) is 66.9 Å². The minimum Gasteiger partial charge on any atom is -0.322 e. The third-order valence-corrected chi connectivity index (χ3v) is 4.71. The van der Waals surface area contributed by atoms with Crippen molar-refractivity contribution in [1.82, 2.24) is 4.98 Å². The lowest BCUT2D eigenvalue weighted by molar-refractivity contribution is 0.102. The molecule has 0 aliphatic rings. The highest BCUT2D eigenvalue weighted by Crippen LogP contribution is 2.24. The molecule has 0 aliphatic heterocycles. The quantitative estimate of drug-likeness (QED) is 0.605. The number of amides is 2. The number of pyridine rings is 1. The fraction of sp³-hybridized carbons (Fsp3) is 0.208. The van der Waals surface area contributed by atoms with E-state index in [1.54, 1.807) is 6.07 Å². The highest BCUT2D eigenvalue weighted by molar-refractivity contribution is 6.08. The monoisotopic (exact) mass is 387 g/mol. The van der Waals surface area contributed by atoms with Crippen LogP contribution in [-0.2, 0) is 6.42 Å². The van der Waals surface area contributed by atoms with Gasteiger partial charge in [-0.1, -0.05) is 51.1 Å². The van der Waals surface area contributed by atoms with Crippen LogP contribution in [0.1, 0.15) is 58.7 Å². The summed E-state index contributed by atoms with van der Waals surface area (Å²) in [5.41, 5.74) is 4.28. The topological polar surface area (TPSA) is 71.1 Å². The number of aryl methyl sites for hydroxylation is 1. The molecule has 0 saturated heterocycles. The largest absolute Gasteiger partial charge is 0.322 e. The number of carbonyl (C=O) groups is 2. The molecule has 5 heteroatoms. The lowest BCUT2D eigenvalue weighted by Crippen LogP contribution is -2.17. The van der Waals surface area contributed by atoms with Gasteiger partial charge in [-0.15, -0.1) is 0 Å². The van der Waals surface area contributed by atoms with Gasteiger partial charge in [0.05, 0.1) is 0 Å². The zero-order valence-corrected chi connectivity index (χ0v) is 16.9. The van der Waals surface area contributed by atoms with E-state index in [2.05, 4.69) is 36.4 Å². The summed E-state index contributed by atoms with van der Waals surface area (Å²) in [4.78, 5) is 29.4. The molecule has 2 N–H and O–H groups in total. The third kappa shape index (κ3) is 5.08. The molecule has 3 aromatic rings. The van der Waals surface area contributed by atoms with Crippen molar-refractivity contribution in [3.8, 4) is 0 Å². The maximum Gasteiger partial charge on any atom is 0.274 e. The Balaban J connectivity index is 1.74. The lowest BCUT2D eigenvalue weighted by Gasteiger charge is -2.14. The molecule has 5 nitrogen and oxygen atoms in total. The summed E-state index contributed by atoms with van der Waals surface area (Å²) in [6.07, 6.45) is 2.41. The van der Waals surface area contributed by atoms with Gasteiger partial charge in [0.1, 0.15) is 5.69 Å². The Hall–Kier alpha value is -3.47. The molecule has 2 aromatic carbocycles. The van der Waals surface area contributed by atoms with Gasteiger partial charge in [0.25, 0.3) is 11.8 Å². The van der Waals surface area contributed by atoms with Gasteiger partial charge in [-0.2, -0.15) is 0 Å². The van der Waals surface area contributed by atoms with Crippen molar-refractivity contribution in [1.29, 1.82) is 0 Å². The van der Waals surface area contributed by atoms with Gasteiger partial charge < -0.3 is 10.6 Å².